The molecular formula is C20H25N5O2. The maximum atomic E-state index is 12.9. The lowest BCUT2D eigenvalue weighted by atomic mass is 10.2. The van der Waals surface area contributed by atoms with E-state index < -0.39 is 0 Å². The van der Waals surface area contributed by atoms with Crippen molar-refractivity contribution in [2.75, 3.05) is 38.1 Å². The van der Waals surface area contributed by atoms with Gasteiger partial charge in [0.1, 0.15) is 5.69 Å². The molecule has 7 heteroatoms. The molecule has 1 aliphatic rings. The van der Waals surface area contributed by atoms with E-state index >= 15 is 0 Å². The van der Waals surface area contributed by atoms with Gasteiger partial charge in [0.05, 0.1) is 0 Å². The third-order valence-corrected chi connectivity index (χ3v) is 4.68. The Labute approximate surface area is 159 Å². The number of piperazine rings is 1. The molecule has 0 N–H and O–H groups in total. The van der Waals surface area contributed by atoms with Crippen molar-refractivity contribution < 1.29 is 9.59 Å². The summed E-state index contributed by atoms with van der Waals surface area (Å²) < 4.78 is 0. The van der Waals surface area contributed by atoms with E-state index in [-0.39, 0.29) is 11.8 Å². The molecule has 0 radical (unpaired) electrons. The zero-order valence-electron chi connectivity index (χ0n) is 16.1. The van der Waals surface area contributed by atoms with Crippen LogP contribution in [0.15, 0.2) is 36.4 Å². The molecule has 0 unspecified atom stereocenters. The van der Waals surface area contributed by atoms with E-state index in [1.54, 1.807) is 22.8 Å². The molecule has 142 valence electrons. The van der Waals surface area contributed by atoms with Gasteiger partial charge in [0.2, 0.25) is 11.9 Å². The summed E-state index contributed by atoms with van der Waals surface area (Å²) in [6, 6.07) is 11.8. The lowest BCUT2D eigenvalue weighted by Crippen LogP contribution is -2.50. The van der Waals surface area contributed by atoms with Gasteiger partial charge in [0.15, 0.2) is 0 Å². The average Bonchev–Trinajstić information content (AvgIpc) is 2.67. The molecule has 1 saturated heterocycles. The first-order chi connectivity index (χ1) is 12.9. The number of anilines is 1. The largest absolute Gasteiger partial charge is 0.340 e. The van der Waals surface area contributed by atoms with Gasteiger partial charge in [0, 0.05) is 52.4 Å². The minimum absolute atomic E-state index is 0.0461. The number of amides is 2. The molecular weight excluding hydrogens is 342 g/mol. The molecule has 7 nitrogen and oxygen atoms in total. The van der Waals surface area contributed by atoms with Gasteiger partial charge in [-0.3, -0.25) is 9.59 Å². The van der Waals surface area contributed by atoms with Crippen molar-refractivity contribution in [2.45, 2.75) is 20.4 Å². The number of aromatic nitrogens is 2. The standard InChI is InChI=1S/C20H25N5O2/c1-15-13-18(19(27)25-11-9-24(10-12-25)16(2)26)22-20(21-15)23(3)14-17-7-5-4-6-8-17/h4-8,13H,9-12,14H2,1-3H3. The summed E-state index contributed by atoms with van der Waals surface area (Å²) >= 11 is 0. The van der Waals surface area contributed by atoms with Crippen molar-refractivity contribution in [2.24, 2.45) is 0 Å². The first kappa shape index (κ1) is 18.8. The number of aryl methyl sites for hydroxylation is 1. The topological polar surface area (TPSA) is 69.6 Å². The summed E-state index contributed by atoms with van der Waals surface area (Å²) in [6.07, 6.45) is 0. The maximum absolute atomic E-state index is 12.9. The molecule has 2 amide bonds. The van der Waals surface area contributed by atoms with Gasteiger partial charge >= 0.3 is 0 Å². The molecule has 1 aromatic heterocycles. The smallest absolute Gasteiger partial charge is 0.272 e. The van der Waals surface area contributed by atoms with Gasteiger partial charge in [-0.25, -0.2) is 9.97 Å². The third kappa shape index (κ3) is 4.61. The summed E-state index contributed by atoms with van der Waals surface area (Å²) in [5.41, 5.74) is 2.30. The van der Waals surface area contributed by atoms with Gasteiger partial charge in [-0.05, 0) is 18.6 Å². The summed E-state index contributed by atoms with van der Waals surface area (Å²) in [4.78, 5) is 38.8. The Balaban J connectivity index is 1.73. The Kier molecular flexibility index (Phi) is 5.69. The minimum Gasteiger partial charge on any atom is -0.340 e. The summed E-state index contributed by atoms with van der Waals surface area (Å²) in [5.74, 6) is 0.465. The van der Waals surface area contributed by atoms with Crippen LogP contribution in [0.3, 0.4) is 0 Å². The van der Waals surface area contributed by atoms with Gasteiger partial charge in [-0.1, -0.05) is 30.3 Å². The van der Waals surface area contributed by atoms with E-state index in [1.165, 1.54) is 0 Å². The average molecular weight is 367 g/mol. The Bertz CT molecular complexity index is 816. The Morgan fingerprint density at radius 3 is 2.30 bits per heavy atom. The number of nitrogens with zero attached hydrogens (tertiary/aromatic N) is 5. The Morgan fingerprint density at radius 2 is 1.67 bits per heavy atom. The molecule has 0 spiro atoms. The van der Waals surface area contributed by atoms with Crippen molar-refractivity contribution in [3.8, 4) is 0 Å². The van der Waals surface area contributed by atoms with Crippen LogP contribution in [0.1, 0.15) is 28.7 Å². The molecule has 0 atom stereocenters. The third-order valence-electron chi connectivity index (χ3n) is 4.68. The SMILES string of the molecule is CC(=O)N1CCN(C(=O)c2cc(C)nc(N(C)Cc3ccccc3)n2)CC1. The Hall–Kier alpha value is -2.96. The molecule has 2 heterocycles. The van der Waals surface area contributed by atoms with Crippen LogP contribution < -0.4 is 4.90 Å². The van der Waals surface area contributed by atoms with Crippen LogP contribution in [0, 0.1) is 6.92 Å². The fourth-order valence-corrected chi connectivity index (χ4v) is 3.15. The number of benzene rings is 1. The summed E-state index contributed by atoms with van der Waals surface area (Å²) in [7, 11) is 1.92. The molecule has 1 fully saturated rings. The highest BCUT2D eigenvalue weighted by Crippen LogP contribution is 2.15. The zero-order chi connectivity index (χ0) is 19.4. The summed E-state index contributed by atoms with van der Waals surface area (Å²) in [6.45, 7) is 6.26. The van der Waals surface area contributed by atoms with Gasteiger partial charge in [-0.15, -0.1) is 0 Å². The van der Waals surface area contributed by atoms with Crippen molar-refractivity contribution >= 4 is 17.8 Å². The number of hydrogen-bond donors (Lipinski definition) is 0. The van der Waals surface area contributed by atoms with Crippen LogP contribution in [0.5, 0.6) is 0 Å². The number of carbonyl (C=O) groups is 2. The minimum atomic E-state index is -0.113. The van der Waals surface area contributed by atoms with Crippen molar-refractivity contribution in [1.82, 2.24) is 19.8 Å². The highest BCUT2D eigenvalue weighted by Gasteiger charge is 2.25. The second-order valence-corrected chi connectivity index (χ2v) is 6.83. The monoisotopic (exact) mass is 367 g/mol. The number of carbonyl (C=O) groups excluding carboxylic acids is 2. The normalized spacial score (nSPS) is 14.2. The molecule has 1 aromatic carbocycles. The first-order valence-corrected chi connectivity index (χ1v) is 9.09. The molecule has 3 rings (SSSR count). The van der Waals surface area contributed by atoms with E-state index in [2.05, 4.69) is 9.97 Å². The predicted molar refractivity (Wildman–Crippen MR) is 103 cm³/mol. The Morgan fingerprint density at radius 1 is 1.04 bits per heavy atom. The highest BCUT2D eigenvalue weighted by molar-refractivity contribution is 5.93. The van der Waals surface area contributed by atoms with Gasteiger partial charge < -0.3 is 14.7 Å². The van der Waals surface area contributed by atoms with Crippen LogP contribution in [0.4, 0.5) is 5.95 Å². The van der Waals surface area contributed by atoms with Crippen molar-refractivity contribution in [1.29, 1.82) is 0 Å². The van der Waals surface area contributed by atoms with E-state index in [0.29, 0.717) is 44.4 Å². The first-order valence-electron chi connectivity index (χ1n) is 9.09. The fourth-order valence-electron chi connectivity index (χ4n) is 3.15. The zero-order valence-corrected chi connectivity index (χ0v) is 16.1. The second kappa shape index (κ2) is 8.16. The molecule has 0 saturated carbocycles. The molecule has 0 bridgehead atoms. The lowest BCUT2D eigenvalue weighted by molar-refractivity contribution is -0.130. The molecule has 2 aromatic rings. The molecule has 1 aliphatic heterocycles. The summed E-state index contributed by atoms with van der Waals surface area (Å²) in [5, 5.41) is 0. The maximum Gasteiger partial charge on any atom is 0.272 e. The van der Waals surface area contributed by atoms with Crippen LogP contribution in [0.25, 0.3) is 0 Å². The fraction of sp³-hybridized carbons (Fsp3) is 0.400. The van der Waals surface area contributed by atoms with Gasteiger partial charge in [-0.2, -0.15) is 0 Å². The van der Waals surface area contributed by atoms with Crippen LogP contribution in [-0.2, 0) is 11.3 Å². The van der Waals surface area contributed by atoms with Crippen molar-refractivity contribution in [3.63, 3.8) is 0 Å². The highest BCUT2D eigenvalue weighted by atomic mass is 16.2. The molecule has 27 heavy (non-hydrogen) atoms. The van der Waals surface area contributed by atoms with E-state index in [0.717, 1.165) is 11.3 Å². The van der Waals surface area contributed by atoms with Crippen LogP contribution in [-0.4, -0.2) is 64.8 Å². The predicted octanol–water partition coefficient (Wildman–Crippen LogP) is 1.73. The second-order valence-electron chi connectivity index (χ2n) is 6.83. The van der Waals surface area contributed by atoms with Crippen LogP contribution in [0.2, 0.25) is 0 Å². The number of hydrogen-bond acceptors (Lipinski definition) is 5. The van der Waals surface area contributed by atoms with Crippen LogP contribution >= 0.6 is 0 Å². The van der Waals surface area contributed by atoms with E-state index in [1.807, 2.05) is 49.2 Å². The van der Waals surface area contributed by atoms with Gasteiger partial charge in [0.25, 0.3) is 5.91 Å². The van der Waals surface area contributed by atoms with E-state index in [4.69, 9.17) is 0 Å². The lowest BCUT2D eigenvalue weighted by Gasteiger charge is -2.34. The number of rotatable bonds is 4. The quantitative estimate of drug-likeness (QED) is 0.823. The van der Waals surface area contributed by atoms with E-state index in [9.17, 15) is 9.59 Å². The molecule has 0 aliphatic carbocycles. The van der Waals surface area contributed by atoms with Crippen molar-refractivity contribution in [3.05, 3.63) is 53.3 Å².